The van der Waals surface area contributed by atoms with Crippen molar-refractivity contribution < 1.29 is 4.79 Å². The van der Waals surface area contributed by atoms with Gasteiger partial charge in [-0.3, -0.25) is 14.4 Å². The molecule has 1 aromatic heterocycles. The van der Waals surface area contributed by atoms with Crippen molar-refractivity contribution in [2.24, 2.45) is 0 Å². The van der Waals surface area contributed by atoms with Gasteiger partial charge in [-0.25, -0.2) is 0 Å². The van der Waals surface area contributed by atoms with E-state index in [0.717, 1.165) is 43.4 Å². The highest BCUT2D eigenvalue weighted by Gasteiger charge is 2.27. The van der Waals surface area contributed by atoms with Crippen LogP contribution in [0.4, 0.5) is 0 Å². The lowest BCUT2D eigenvalue weighted by molar-refractivity contribution is -0.136. The number of amides is 1. The molecule has 0 N–H and O–H groups in total. The van der Waals surface area contributed by atoms with Gasteiger partial charge < -0.3 is 4.90 Å². The lowest BCUT2D eigenvalue weighted by Gasteiger charge is -2.36. The van der Waals surface area contributed by atoms with E-state index >= 15 is 0 Å². The third-order valence-corrected chi connectivity index (χ3v) is 5.29. The van der Waals surface area contributed by atoms with Crippen molar-refractivity contribution in [1.82, 2.24) is 19.6 Å². The standard InChI is InChI=1S/C18H22Cl2N4O/c1-13-17(20)11-21-24(13)14(2)18(25)23-8-6-22(7-9-23)12-15-4-3-5-16(19)10-15/h3-5,10-11,14H,6-9,12H2,1-2H3. The Bertz CT molecular complexity index is 753. The molecule has 134 valence electrons. The van der Waals surface area contributed by atoms with Crippen molar-refractivity contribution in [2.75, 3.05) is 26.2 Å². The number of nitrogens with zero attached hydrogens (tertiary/aromatic N) is 4. The van der Waals surface area contributed by atoms with Crippen molar-refractivity contribution >= 4 is 29.1 Å². The van der Waals surface area contributed by atoms with Gasteiger partial charge in [0, 0.05) is 37.7 Å². The second-order valence-electron chi connectivity index (χ2n) is 6.43. The minimum absolute atomic E-state index is 0.0882. The number of hydrogen-bond donors (Lipinski definition) is 0. The molecular weight excluding hydrogens is 359 g/mol. The third-order valence-electron chi connectivity index (χ3n) is 4.69. The van der Waals surface area contributed by atoms with Crippen LogP contribution < -0.4 is 0 Å². The first-order valence-electron chi connectivity index (χ1n) is 8.41. The number of carbonyl (C=O) groups is 1. The molecule has 5 nitrogen and oxygen atoms in total. The minimum Gasteiger partial charge on any atom is -0.338 e. The largest absolute Gasteiger partial charge is 0.338 e. The van der Waals surface area contributed by atoms with E-state index < -0.39 is 0 Å². The summed E-state index contributed by atoms with van der Waals surface area (Å²) in [5.41, 5.74) is 2.02. The molecule has 25 heavy (non-hydrogen) atoms. The average Bonchev–Trinajstić information content (AvgIpc) is 2.93. The van der Waals surface area contributed by atoms with Crippen LogP contribution in [0.2, 0.25) is 10.0 Å². The number of rotatable bonds is 4. The molecule has 1 aromatic carbocycles. The highest BCUT2D eigenvalue weighted by Crippen LogP contribution is 2.20. The van der Waals surface area contributed by atoms with Gasteiger partial charge >= 0.3 is 0 Å². The van der Waals surface area contributed by atoms with E-state index in [1.165, 1.54) is 5.56 Å². The lowest BCUT2D eigenvalue weighted by Crippen LogP contribution is -2.50. The first kappa shape index (κ1) is 18.2. The Balaban J connectivity index is 1.56. The van der Waals surface area contributed by atoms with Crippen molar-refractivity contribution in [3.63, 3.8) is 0 Å². The van der Waals surface area contributed by atoms with E-state index in [0.29, 0.717) is 5.02 Å². The van der Waals surface area contributed by atoms with Gasteiger partial charge in [-0.2, -0.15) is 5.10 Å². The predicted octanol–water partition coefficient (Wildman–Crippen LogP) is 3.40. The van der Waals surface area contributed by atoms with Crippen LogP contribution in [-0.4, -0.2) is 51.7 Å². The molecule has 0 aliphatic carbocycles. The molecule has 1 saturated heterocycles. The molecule has 0 saturated carbocycles. The number of benzene rings is 1. The molecule has 0 bridgehead atoms. The molecular formula is C18H22Cl2N4O. The fraction of sp³-hybridized carbons (Fsp3) is 0.444. The number of hydrogen-bond acceptors (Lipinski definition) is 3. The van der Waals surface area contributed by atoms with E-state index in [9.17, 15) is 4.79 Å². The molecule has 2 aromatic rings. The van der Waals surface area contributed by atoms with E-state index in [2.05, 4.69) is 16.1 Å². The molecule has 0 radical (unpaired) electrons. The zero-order valence-corrected chi connectivity index (χ0v) is 16.0. The molecule has 1 unspecified atom stereocenters. The highest BCUT2D eigenvalue weighted by molar-refractivity contribution is 6.31. The van der Waals surface area contributed by atoms with Gasteiger partial charge in [0.1, 0.15) is 6.04 Å². The van der Waals surface area contributed by atoms with E-state index in [1.807, 2.05) is 36.9 Å². The number of piperazine rings is 1. The van der Waals surface area contributed by atoms with E-state index in [4.69, 9.17) is 23.2 Å². The maximum Gasteiger partial charge on any atom is 0.247 e. The van der Waals surface area contributed by atoms with E-state index in [1.54, 1.807) is 10.9 Å². The summed E-state index contributed by atoms with van der Waals surface area (Å²) in [4.78, 5) is 17.0. The van der Waals surface area contributed by atoms with Crippen LogP contribution >= 0.6 is 23.2 Å². The van der Waals surface area contributed by atoms with Crippen molar-refractivity contribution in [3.8, 4) is 0 Å². The average molecular weight is 381 g/mol. The van der Waals surface area contributed by atoms with Gasteiger partial charge in [0.05, 0.1) is 16.9 Å². The smallest absolute Gasteiger partial charge is 0.247 e. The molecule has 1 fully saturated rings. The summed E-state index contributed by atoms with van der Waals surface area (Å²) in [7, 11) is 0. The molecule has 1 atom stereocenters. The van der Waals surface area contributed by atoms with Crippen LogP contribution in [0.15, 0.2) is 30.5 Å². The Morgan fingerprint density at radius 3 is 2.56 bits per heavy atom. The minimum atomic E-state index is -0.341. The summed E-state index contributed by atoms with van der Waals surface area (Å²) in [6, 6.07) is 7.58. The summed E-state index contributed by atoms with van der Waals surface area (Å²) in [6.07, 6.45) is 1.59. The van der Waals surface area contributed by atoms with Gasteiger partial charge in [-0.15, -0.1) is 0 Å². The van der Waals surface area contributed by atoms with Crippen molar-refractivity contribution in [2.45, 2.75) is 26.4 Å². The Hall–Kier alpha value is -1.56. The second-order valence-corrected chi connectivity index (χ2v) is 7.27. The van der Waals surface area contributed by atoms with Gasteiger partial charge in [0.25, 0.3) is 0 Å². The number of carbonyl (C=O) groups excluding carboxylic acids is 1. The summed E-state index contributed by atoms with van der Waals surface area (Å²) in [6.45, 7) is 7.74. The molecule has 2 heterocycles. The normalized spacial score (nSPS) is 16.9. The maximum absolute atomic E-state index is 12.8. The van der Waals surface area contributed by atoms with Crippen molar-refractivity contribution in [1.29, 1.82) is 0 Å². The second kappa shape index (κ2) is 7.77. The van der Waals surface area contributed by atoms with Crippen LogP contribution in [0.1, 0.15) is 24.2 Å². The fourth-order valence-electron chi connectivity index (χ4n) is 3.18. The summed E-state index contributed by atoms with van der Waals surface area (Å²) in [5.74, 6) is 0.0882. The van der Waals surface area contributed by atoms with Gasteiger partial charge in [-0.1, -0.05) is 35.3 Å². The summed E-state index contributed by atoms with van der Waals surface area (Å²) < 4.78 is 1.70. The Labute approximate surface area is 158 Å². The number of aromatic nitrogens is 2. The van der Waals surface area contributed by atoms with Crippen LogP contribution in [0.3, 0.4) is 0 Å². The third kappa shape index (κ3) is 4.17. The van der Waals surface area contributed by atoms with E-state index in [-0.39, 0.29) is 11.9 Å². The Morgan fingerprint density at radius 1 is 1.24 bits per heavy atom. The molecule has 1 aliphatic rings. The van der Waals surface area contributed by atoms with Gasteiger partial charge in [0.2, 0.25) is 5.91 Å². The van der Waals surface area contributed by atoms with Crippen LogP contribution in [0.25, 0.3) is 0 Å². The predicted molar refractivity (Wildman–Crippen MR) is 100.0 cm³/mol. The molecule has 3 rings (SSSR count). The van der Waals surface area contributed by atoms with Crippen LogP contribution in [0, 0.1) is 6.92 Å². The Kier molecular flexibility index (Phi) is 5.67. The lowest BCUT2D eigenvalue weighted by atomic mass is 10.2. The quantitative estimate of drug-likeness (QED) is 0.815. The van der Waals surface area contributed by atoms with Gasteiger partial charge in [-0.05, 0) is 31.5 Å². The maximum atomic E-state index is 12.8. The molecule has 1 aliphatic heterocycles. The zero-order valence-electron chi connectivity index (χ0n) is 14.5. The van der Waals surface area contributed by atoms with Gasteiger partial charge in [0.15, 0.2) is 0 Å². The first-order chi connectivity index (χ1) is 12.0. The molecule has 7 heteroatoms. The highest BCUT2D eigenvalue weighted by atomic mass is 35.5. The zero-order chi connectivity index (χ0) is 18.0. The topological polar surface area (TPSA) is 41.4 Å². The monoisotopic (exact) mass is 380 g/mol. The molecule has 0 spiro atoms. The summed E-state index contributed by atoms with van der Waals surface area (Å²) >= 11 is 12.1. The van der Waals surface area contributed by atoms with Crippen LogP contribution in [0.5, 0.6) is 0 Å². The fourth-order valence-corrected chi connectivity index (χ4v) is 3.52. The molecule has 1 amide bonds. The SMILES string of the molecule is Cc1c(Cl)cnn1C(C)C(=O)N1CCN(Cc2cccc(Cl)c2)CC1. The summed E-state index contributed by atoms with van der Waals surface area (Å²) in [5, 5.41) is 5.57. The number of halogens is 2. The van der Waals surface area contributed by atoms with Crippen molar-refractivity contribution in [3.05, 3.63) is 51.8 Å². The van der Waals surface area contributed by atoms with Crippen LogP contribution in [-0.2, 0) is 11.3 Å². The Morgan fingerprint density at radius 2 is 1.96 bits per heavy atom. The first-order valence-corrected chi connectivity index (χ1v) is 9.16.